The van der Waals surface area contributed by atoms with E-state index >= 15 is 0 Å². The zero-order valence-electron chi connectivity index (χ0n) is 13.0. The van der Waals surface area contributed by atoms with Crippen molar-refractivity contribution in [3.8, 4) is 0 Å². The van der Waals surface area contributed by atoms with E-state index in [1.807, 2.05) is 58.0 Å². The van der Waals surface area contributed by atoms with Gasteiger partial charge >= 0.3 is 0 Å². The molecule has 114 valence electrons. The van der Waals surface area contributed by atoms with Crippen molar-refractivity contribution in [2.45, 2.75) is 39.8 Å². The van der Waals surface area contributed by atoms with E-state index in [1.165, 1.54) is 0 Å². The van der Waals surface area contributed by atoms with Gasteiger partial charge in [-0.2, -0.15) is 4.98 Å². The molecule has 0 saturated heterocycles. The van der Waals surface area contributed by atoms with E-state index in [4.69, 9.17) is 15.0 Å². The highest BCUT2D eigenvalue weighted by Gasteiger charge is 2.29. The van der Waals surface area contributed by atoms with Crippen molar-refractivity contribution < 1.29 is 9.26 Å². The van der Waals surface area contributed by atoms with Gasteiger partial charge in [0.15, 0.2) is 0 Å². The highest BCUT2D eigenvalue weighted by molar-refractivity contribution is 5.22. The number of rotatable bonds is 5. The molecule has 1 aromatic heterocycles. The van der Waals surface area contributed by atoms with Crippen LogP contribution < -0.4 is 5.73 Å². The summed E-state index contributed by atoms with van der Waals surface area (Å²) in [6.45, 7) is 8.63. The number of ether oxygens (including phenoxy) is 1. The maximum Gasteiger partial charge on any atom is 0.244 e. The van der Waals surface area contributed by atoms with E-state index in [2.05, 4.69) is 10.1 Å². The smallest absolute Gasteiger partial charge is 0.244 e. The van der Waals surface area contributed by atoms with Crippen molar-refractivity contribution in [1.82, 2.24) is 10.1 Å². The van der Waals surface area contributed by atoms with Crippen LogP contribution in [-0.2, 0) is 4.74 Å². The molecule has 2 rings (SSSR count). The second-order valence-corrected chi connectivity index (χ2v) is 6.08. The monoisotopic (exact) mass is 289 g/mol. The fourth-order valence-electron chi connectivity index (χ4n) is 1.96. The molecule has 5 nitrogen and oxygen atoms in total. The number of hydrogen-bond donors (Lipinski definition) is 1. The molecule has 0 aliphatic carbocycles. The summed E-state index contributed by atoms with van der Waals surface area (Å²) in [6.07, 6.45) is -0.333. The summed E-state index contributed by atoms with van der Waals surface area (Å²) >= 11 is 0. The van der Waals surface area contributed by atoms with Crippen LogP contribution in [0.5, 0.6) is 0 Å². The van der Waals surface area contributed by atoms with Crippen LogP contribution in [0, 0.1) is 5.41 Å². The average Bonchev–Trinajstić information content (AvgIpc) is 2.93. The van der Waals surface area contributed by atoms with E-state index in [0.717, 1.165) is 5.56 Å². The molecular weight excluding hydrogens is 266 g/mol. The van der Waals surface area contributed by atoms with Gasteiger partial charge in [0.05, 0.1) is 6.04 Å². The maximum absolute atomic E-state index is 6.16. The molecule has 0 saturated carbocycles. The lowest BCUT2D eigenvalue weighted by Gasteiger charge is -2.23. The third-order valence-corrected chi connectivity index (χ3v) is 3.33. The van der Waals surface area contributed by atoms with Crippen LogP contribution in [0.2, 0.25) is 0 Å². The molecule has 2 unspecified atom stereocenters. The maximum atomic E-state index is 6.16. The van der Waals surface area contributed by atoms with Gasteiger partial charge in [0.2, 0.25) is 11.7 Å². The number of benzene rings is 1. The van der Waals surface area contributed by atoms with E-state index < -0.39 is 0 Å². The Bertz CT molecular complexity index is 560. The summed E-state index contributed by atoms with van der Waals surface area (Å²) < 4.78 is 11.1. The largest absolute Gasteiger partial charge is 0.366 e. The summed E-state index contributed by atoms with van der Waals surface area (Å²) in [5, 5.41) is 4.05. The molecular formula is C16H23N3O2. The molecule has 1 heterocycles. The molecule has 2 aromatic rings. The lowest BCUT2D eigenvalue weighted by molar-refractivity contribution is 0.0833. The van der Waals surface area contributed by atoms with Gasteiger partial charge in [0.25, 0.3) is 0 Å². The average molecular weight is 289 g/mol. The first kappa shape index (κ1) is 15.7. The number of aromatic nitrogens is 2. The zero-order valence-corrected chi connectivity index (χ0v) is 13.0. The van der Waals surface area contributed by atoms with Crippen LogP contribution in [0.4, 0.5) is 0 Å². The number of hydrogen-bond acceptors (Lipinski definition) is 5. The first-order chi connectivity index (χ1) is 9.93. The fraction of sp³-hybridized carbons (Fsp3) is 0.500. The highest BCUT2D eigenvalue weighted by atomic mass is 16.5. The zero-order chi connectivity index (χ0) is 15.5. The standard InChI is InChI=1S/C16H23N3O2/c1-5-20-12(11-9-7-6-8-10-11)14-18-15(21-19-14)13(17)16(2,3)4/h6-10,12-13H,5,17H2,1-4H3. The summed E-state index contributed by atoms with van der Waals surface area (Å²) in [5.74, 6) is 0.955. The van der Waals surface area contributed by atoms with Crippen LogP contribution in [0.3, 0.4) is 0 Å². The first-order valence-corrected chi connectivity index (χ1v) is 7.19. The van der Waals surface area contributed by atoms with Gasteiger partial charge in [-0.05, 0) is 17.9 Å². The number of nitrogens with two attached hydrogens (primary N) is 1. The highest BCUT2D eigenvalue weighted by Crippen LogP contribution is 2.31. The minimum Gasteiger partial charge on any atom is -0.366 e. The molecule has 0 spiro atoms. The third kappa shape index (κ3) is 3.68. The summed E-state index contributed by atoms with van der Waals surface area (Å²) in [6, 6.07) is 9.55. The second kappa shape index (κ2) is 6.37. The van der Waals surface area contributed by atoms with Gasteiger partial charge < -0.3 is 15.0 Å². The van der Waals surface area contributed by atoms with E-state index in [9.17, 15) is 0 Å². The van der Waals surface area contributed by atoms with E-state index in [0.29, 0.717) is 18.3 Å². The SMILES string of the molecule is CCOC(c1ccccc1)c1noc(C(N)C(C)(C)C)n1. The Morgan fingerprint density at radius 2 is 1.90 bits per heavy atom. The Morgan fingerprint density at radius 3 is 2.48 bits per heavy atom. The molecule has 21 heavy (non-hydrogen) atoms. The molecule has 2 atom stereocenters. The molecule has 0 amide bonds. The first-order valence-electron chi connectivity index (χ1n) is 7.19. The summed E-state index contributed by atoms with van der Waals surface area (Å²) in [4.78, 5) is 4.44. The molecule has 0 bridgehead atoms. The normalized spacial score (nSPS) is 14.9. The number of nitrogens with zero attached hydrogens (tertiary/aromatic N) is 2. The van der Waals surface area contributed by atoms with Gasteiger partial charge in [0.1, 0.15) is 6.10 Å². The molecule has 0 fully saturated rings. The van der Waals surface area contributed by atoms with Gasteiger partial charge in [0, 0.05) is 6.61 Å². The van der Waals surface area contributed by atoms with Gasteiger partial charge in [-0.1, -0.05) is 56.3 Å². The predicted octanol–water partition coefficient (Wildman–Crippen LogP) is 3.24. The molecule has 1 aromatic carbocycles. The van der Waals surface area contributed by atoms with Crippen molar-refractivity contribution in [3.63, 3.8) is 0 Å². The summed E-state index contributed by atoms with van der Waals surface area (Å²) in [7, 11) is 0. The Hall–Kier alpha value is -1.72. The minimum absolute atomic E-state index is 0.141. The van der Waals surface area contributed by atoms with Gasteiger partial charge in [-0.3, -0.25) is 0 Å². The minimum atomic E-state index is -0.333. The Kier molecular flexibility index (Phi) is 4.75. The van der Waals surface area contributed by atoms with Crippen LogP contribution in [-0.4, -0.2) is 16.7 Å². The van der Waals surface area contributed by atoms with E-state index in [1.54, 1.807) is 0 Å². The van der Waals surface area contributed by atoms with Crippen LogP contribution >= 0.6 is 0 Å². The summed E-state index contributed by atoms with van der Waals surface area (Å²) in [5.41, 5.74) is 7.02. The third-order valence-electron chi connectivity index (χ3n) is 3.33. The van der Waals surface area contributed by atoms with Crippen molar-refractivity contribution in [1.29, 1.82) is 0 Å². The van der Waals surface area contributed by atoms with Crippen molar-refractivity contribution in [2.24, 2.45) is 11.1 Å². The molecule has 5 heteroatoms. The topological polar surface area (TPSA) is 74.2 Å². The molecule has 0 radical (unpaired) electrons. The Morgan fingerprint density at radius 1 is 1.24 bits per heavy atom. The Labute approximate surface area is 125 Å². The van der Waals surface area contributed by atoms with E-state index in [-0.39, 0.29) is 17.6 Å². The van der Waals surface area contributed by atoms with Crippen molar-refractivity contribution >= 4 is 0 Å². The molecule has 0 aliphatic rings. The molecule has 0 aliphatic heterocycles. The second-order valence-electron chi connectivity index (χ2n) is 6.08. The van der Waals surface area contributed by atoms with Gasteiger partial charge in [-0.25, -0.2) is 0 Å². The predicted molar refractivity (Wildman–Crippen MR) is 80.6 cm³/mol. The van der Waals surface area contributed by atoms with Crippen LogP contribution in [0.15, 0.2) is 34.9 Å². The van der Waals surface area contributed by atoms with Crippen molar-refractivity contribution in [2.75, 3.05) is 6.61 Å². The lowest BCUT2D eigenvalue weighted by atomic mass is 9.87. The fourth-order valence-corrected chi connectivity index (χ4v) is 1.96. The Balaban J connectivity index is 2.29. The van der Waals surface area contributed by atoms with Gasteiger partial charge in [-0.15, -0.1) is 0 Å². The van der Waals surface area contributed by atoms with Crippen molar-refractivity contribution in [3.05, 3.63) is 47.6 Å². The quantitative estimate of drug-likeness (QED) is 0.914. The molecule has 2 N–H and O–H groups in total. The van der Waals surface area contributed by atoms with Crippen LogP contribution in [0.25, 0.3) is 0 Å². The lowest BCUT2D eigenvalue weighted by Crippen LogP contribution is -2.26. The van der Waals surface area contributed by atoms with Crippen LogP contribution in [0.1, 0.15) is 57.1 Å².